The molecule has 1 saturated heterocycles. The number of rotatable bonds is 5. The van der Waals surface area contributed by atoms with Crippen LogP contribution in [-0.4, -0.2) is 60.7 Å². The van der Waals surface area contributed by atoms with Gasteiger partial charge in [-0.25, -0.2) is 0 Å². The summed E-state index contributed by atoms with van der Waals surface area (Å²) in [4.78, 5) is 40.2. The summed E-state index contributed by atoms with van der Waals surface area (Å²) in [7, 11) is 0. The number of piperazine rings is 1. The third-order valence-electron chi connectivity index (χ3n) is 4.40. The molecule has 0 radical (unpaired) electrons. The summed E-state index contributed by atoms with van der Waals surface area (Å²) in [6.45, 7) is 8.10. The second kappa shape index (κ2) is 7.95. The minimum absolute atomic E-state index is 0.0251. The van der Waals surface area contributed by atoms with Crippen molar-refractivity contribution in [2.45, 2.75) is 27.2 Å². The SMILES string of the molecule is CC(=O)N(CCC(=O)N1CCN(C=O)CC1)c1cc(C)ccc1C. The molecule has 130 valence electrons. The first-order valence-electron chi connectivity index (χ1n) is 8.25. The Kier molecular flexibility index (Phi) is 5.95. The van der Waals surface area contributed by atoms with Crippen molar-refractivity contribution in [1.82, 2.24) is 9.80 Å². The van der Waals surface area contributed by atoms with Gasteiger partial charge in [-0.15, -0.1) is 0 Å². The average Bonchev–Trinajstić information content (AvgIpc) is 2.57. The van der Waals surface area contributed by atoms with Crippen molar-refractivity contribution < 1.29 is 14.4 Å². The van der Waals surface area contributed by atoms with Crippen LogP contribution >= 0.6 is 0 Å². The maximum Gasteiger partial charge on any atom is 0.224 e. The van der Waals surface area contributed by atoms with Crippen LogP contribution in [0.1, 0.15) is 24.5 Å². The molecule has 1 aromatic rings. The maximum atomic E-state index is 12.4. The van der Waals surface area contributed by atoms with E-state index in [2.05, 4.69) is 0 Å². The quantitative estimate of drug-likeness (QED) is 0.765. The third-order valence-corrected chi connectivity index (χ3v) is 4.40. The summed E-state index contributed by atoms with van der Waals surface area (Å²) in [5.41, 5.74) is 2.96. The van der Waals surface area contributed by atoms with Gasteiger partial charge in [0.05, 0.1) is 0 Å². The minimum atomic E-state index is -0.0673. The predicted molar refractivity (Wildman–Crippen MR) is 92.8 cm³/mol. The number of aryl methyl sites for hydroxylation is 2. The smallest absolute Gasteiger partial charge is 0.224 e. The number of anilines is 1. The minimum Gasteiger partial charge on any atom is -0.342 e. The van der Waals surface area contributed by atoms with Crippen LogP contribution in [0.4, 0.5) is 5.69 Å². The normalized spacial score (nSPS) is 14.5. The van der Waals surface area contributed by atoms with Crippen molar-refractivity contribution in [3.05, 3.63) is 29.3 Å². The van der Waals surface area contributed by atoms with Gasteiger partial charge in [-0.3, -0.25) is 14.4 Å². The largest absolute Gasteiger partial charge is 0.342 e. The average molecular weight is 331 g/mol. The Morgan fingerprint density at radius 2 is 1.83 bits per heavy atom. The lowest BCUT2D eigenvalue weighted by Gasteiger charge is -2.33. The Bertz CT molecular complexity index is 622. The molecule has 1 aliphatic rings. The van der Waals surface area contributed by atoms with E-state index in [1.165, 1.54) is 6.92 Å². The van der Waals surface area contributed by atoms with E-state index < -0.39 is 0 Å². The predicted octanol–water partition coefficient (Wildman–Crippen LogP) is 1.35. The summed E-state index contributed by atoms with van der Waals surface area (Å²) in [6.07, 6.45) is 1.11. The molecule has 0 aliphatic carbocycles. The highest BCUT2D eigenvalue weighted by Crippen LogP contribution is 2.22. The molecule has 2 rings (SSSR count). The van der Waals surface area contributed by atoms with Crippen molar-refractivity contribution in [2.24, 2.45) is 0 Å². The topological polar surface area (TPSA) is 60.9 Å². The first-order valence-corrected chi connectivity index (χ1v) is 8.25. The molecular formula is C18H25N3O3. The highest BCUT2D eigenvalue weighted by Gasteiger charge is 2.22. The molecule has 1 aliphatic heterocycles. The monoisotopic (exact) mass is 331 g/mol. The number of carbonyl (C=O) groups is 3. The summed E-state index contributed by atoms with van der Waals surface area (Å²) in [6, 6.07) is 5.97. The van der Waals surface area contributed by atoms with Crippen molar-refractivity contribution in [2.75, 3.05) is 37.6 Å². The van der Waals surface area contributed by atoms with E-state index in [4.69, 9.17) is 0 Å². The fourth-order valence-corrected chi connectivity index (χ4v) is 2.90. The second-order valence-corrected chi connectivity index (χ2v) is 6.23. The van der Waals surface area contributed by atoms with Gasteiger partial charge in [0, 0.05) is 51.8 Å². The van der Waals surface area contributed by atoms with E-state index in [-0.39, 0.29) is 18.2 Å². The van der Waals surface area contributed by atoms with Crippen LogP contribution in [0.5, 0.6) is 0 Å². The van der Waals surface area contributed by atoms with Crippen LogP contribution in [-0.2, 0) is 14.4 Å². The summed E-state index contributed by atoms with van der Waals surface area (Å²) in [5, 5.41) is 0. The number of carbonyl (C=O) groups excluding carboxylic acids is 3. The Morgan fingerprint density at radius 3 is 2.42 bits per heavy atom. The van der Waals surface area contributed by atoms with Gasteiger partial charge in [0.2, 0.25) is 18.2 Å². The van der Waals surface area contributed by atoms with Gasteiger partial charge in [-0.2, -0.15) is 0 Å². The van der Waals surface area contributed by atoms with Crippen molar-refractivity contribution >= 4 is 23.9 Å². The van der Waals surface area contributed by atoms with Crippen molar-refractivity contribution in [3.8, 4) is 0 Å². The Morgan fingerprint density at radius 1 is 1.17 bits per heavy atom. The summed E-state index contributed by atoms with van der Waals surface area (Å²) >= 11 is 0. The van der Waals surface area contributed by atoms with E-state index in [0.717, 1.165) is 23.2 Å². The van der Waals surface area contributed by atoms with Gasteiger partial charge in [-0.05, 0) is 31.0 Å². The van der Waals surface area contributed by atoms with Gasteiger partial charge in [-0.1, -0.05) is 12.1 Å². The van der Waals surface area contributed by atoms with E-state index >= 15 is 0 Å². The molecule has 0 atom stereocenters. The molecule has 0 saturated carbocycles. The highest BCUT2D eigenvalue weighted by molar-refractivity contribution is 5.93. The third kappa shape index (κ3) is 4.34. The molecule has 0 unspecified atom stereocenters. The van der Waals surface area contributed by atoms with E-state index in [1.807, 2.05) is 32.0 Å². The Labute approximate surface area is 143 Å². The number of hydrogen-bond donors (Lipinski definition) is 0. The van der Waals surface area contributed by atoms with Crippen LogP contribution in [0.2, 0.25) is 0 Å². The standard InChI is InChI=1S/C18H25N3O3/c1-14-4-5-15(2)17(12-14)21(16(3)23)7-6-18(24)20-10-8-19(13-22)9-11-20/h4-5,12-13H,6-11H2,1-3H3. The van der Waals surface area contributed by atoms with Crippen molar-refractivity contribution in [1.29, 1.82) is 0 Å². The summed E-state index contributed by atoms with van der Waals surface area (Å²) < 4.78 is 0. The Hall–Kier alpha value is -2.37. The zero-order chi connectivity index (χ0) is 17.7. The number of benzene rings is 1. The molecule has 1 fully saturated rings. The van der Waals surface area contributed by atoms with Crippen LogP contribution in [0.3, 0.4) is 0 Å². The van der Waals surface area contributed by atoms with Crippen LogP contribution in [0.25, 0.3) is 0 Å². The van der Waals surface area contributed by atoms with Crippen LogP contribution < -0.4 is 4.90 Å². The zero-order valence-corrected chi connectivity index (χ0v) is 14.6. The molecule has 1 aromatic carbocycles. The molecule has 1 heterocycles. The van der Waals surface area contributed by atoms with Gasteiger partial charge < -0.3 is 14.7 Å². The lowest BCUT2D eigenvalue weighted by molar-refractivity contribution is -0.135. The molecule has 3 amide bonds. The van der Waals surface area contributed by atoms with Gasteiger partial charge in [0.1, 0.15) is 0 Å². The highest BCUT2D eigenvalue weighted by atomic mass is 16.2. The van der Waals surface area contributed by atoms with Gasteiger partial charge in [0.15, 0.2) is 0 Å². The molecular weight excluding hydrogens is 306 g/mol. The van der Waals surface area contributed by atoms with Crippen LogP contribution in [0, 0.1) is 13.8 Å². The fraction of sp³-hybridized carbons (Fsp3) is 0.500. The molecule has 24 heavy (non-hydrogen) atoms. The van der Waals surface area contributed by atoms with Crippen molar-refractivity contribution in [3.63, 3.8) is 0 Å². The second-order valence-electron chi connectivity index (χ2n) is 6.23. The Balaban J connectivity index is 1.99. The number of amides is 3. The first-order chi connectivity index (χ1) is 11.4. The zero-order valence-electron chi connectivity index (χ0n) is 14.6. The number of nitrogens with zero attached hydrogens (tertiary/aromatic N) is 3. The van der Waals surface area contributed by atoms with E-state index in [1.54, 1.807) is 14.7 Å². The molecule has 0 aromatic heterocycles. The molecule has 0 N–H and O–H groups in total. The van der Waals surface area contributed by atoms with E-state index in [9.17, 15) is 14.4 Å². The van der Waals surface area contributed by atoms with Crippen LogP contribution in [0.15, 0.2) is 18.2 Å². The molecule has 0 spiro atoms. The molecule has 0 bridgehead atoms. The number of hydrogen-bond acceptors (Lipinski definition) is 3. The summed E-state index contributed by atoms with van der Waals surface area (Å²) in [5.74, 6) is -0.0422. The van der Waals surface area contributed by atoms with Gasteiger partial charge in [0.25, 0.3) is 0 Å². The van der Waals surface area contributed by atoms with Gasteiger partial charge >= 0.3 is 0 Å². The maximum absolute atomic E-state index is 12.4. The van der Waals surface area contributed by atoms with E-state index in [0.29, 0.717) is 32.7 Å². The fourth-order valence-electron chi connectivity index (χ4n) is 2.90. The lowest BCUT2D eigenvalue weighted by atomic mass is 10.1. The molecule has 6 heteroatoms. The first kappa shape index (κ1) is 18.0. The lowest BCUT2D eigenvalue weighted by Crippen LogP contribution is -2.48. The molecule has 6 nitrogen and oxygen atoms in total.